The first kappa shape index (κ1) is 35.8. The number of fused-ring (bicyclic) bond motifs is 6. The molecule has 11 aromatic rings. The zero-order valence-corrected chi connectivity index (χ0v) is 33.7. The lowest BCUT2D eigenvalue weighted by molar-refractivity contribution is 0.670. The molecule has 0 unspecified atom stereocenters. The van der Waals surface area contributed by atoms with Gasteiger partial charge in [-0.15, -0.1) is 0 Å². The van der Waals surface area contributed by atoms with Gasteiger partial charge in [-0.25, -0.2) is 9.97 Å². The minimum absolute atomic E-state index is 0.418. The maximum Gasteiger partial charge on any atom is 0.160 e. The Morgan fingerprint density at radius 1 is 0.323 bits per heavy atom. The Bertz CT molecular complexity index is 3400. The first-order valence-corrected chi connectivity index (χ1v) is 21.1. The van der Waals surface area contributed by atoms with E-state index in [1.165, 1.54) is 38.9 Å². The van der Waals surface area contributed by atoms with Crippen LogP contribution in [0.3, 0.4) is 0 Å². The van der Waals surface area contributed by atoms with Crippen molar-refractivity contribution in [3.63, 3.8) is 0 Å². The minimum atomic E-state index is -0.418. The second kappa shape index (κ2) is 14.5. The average molecular weight is 791 g/mol. The summed E-state index contributed by atoms with van der Waals surface area (Å²) in [7, 11) is 0. The van der Waals surface area contributed by atoms with Crippen molar-refractivity contribution in [2.45, 2.75) is 5.41 Å². The zero-order chi connectivity index (χ0) is 41.0. The van der Waals surface area contributed by atoms with E-state index in [4.69, 9.17) is 14.4 Å². The summed E-state index contributed by atoms with van der Waals surface area (Å²) in [6.07, 6.45) is 0. The molecule has 0 radical (unpaired) electrons. The van der Waals surface area contributed by atoms with E-state index < -0.39 is 5.41 Å². The first-order chi connectivity index (χ1) is 30.7. The van der Waals surface area contributed by atoms with Gasteiger partial charge in [0.1, 0.15) is 11.2 Å². The summed E-state index contributed by atoms with van der Waals surface area (Å²) < 4.78 is 6.44. The predicted octanol–water partition coefficient (Wildman–Crippen LogP) is 15.1. The van der Waals surface area contributed by atoms with Crippen LogP contribution < -0.4 is 0 Å². The molecule has 0 aliphatic heterocycles. The summed E-state index contributed by atoms with van der Waals surface area (Å²) in [5.74, 6) is 0.685. The number of hydrogen-bond donors (Lipinski definition) is 0. The number of rotatable bonds is 7. The van der Waals surface area contributed by atoms with E-state index in [1.807, 2.05) is 30.3 Å². The highest BCUT2D eigenvalue weighted by Crippen LogP contribution is 2.56. The summed E-state index contributed by atoms with van der Waals surface area (Å²) in [4.78, 5) is 10.3. The lowest BCUT2D eigenvalue weighted by atomic mass is 9.67. The highest BCUT2D eigenvalue weighted by atomic mass is 16.3. The molecule has 12 rings (SSSR count). The normalized spacial score (nSPS) is 12.6. The fraction of sp³-hybridized carbons (Fsp3) is 0.0169. The second-order valence-corrected chi connectivity index (χ2v) is 16.1. The zero-order valence-electron chi connectivity index (χ0n) is 33.7. The van der Waals surface area contributed by atoms with Gasteiger partial charge in [0.15, 0.2) is 5.82 Å². The van der Waals surface area contributed by atoms with Gasteiger partial charge in [0.2, 0.25) is 0 Å². The van der Waals surface area contributed by atoms with Gasteiger partial charge in [-0.3, -0.25) is 0 Å². The number of aromatic nitrogens is 2. The molecule has 0 saturated heterocycles. The largest absolute Gasteiger partial charge is 0.455 e. The molecule has 290 valence electrons. The Morgan fingerprint density at radius 3 is 1.65 bits per heavy atom. The molecule has 0 fully saturated rings. The number of nitrogens with zero attached hydrogens (tertiary/aromatic N) is 2. The van der Waals surface area contributed by atoms with Crippen molar-refractivity contribution in [3.8, 4) is 67.3 Å². The number of para-hydroxylation sites is 2. The molecule has 62 heavy (non-hydrogen) atoms. The summed E-state index contributed by atoms with van der Waals surface area (Å²) >= 11 is 0. The van der Waals surface area contributed by atoms with Crippen molar-refractivity contribution < 1.29 is 4.42 Å². The Hall–Kier alpha value is -8.14. The van der Waals surface area contributed by atoms with Crippen LogP contribution in [0.15, 0.2) is 235 Å². The summed E-state index contributed by atoms with van der Waals surface area (Å²) in [5, 5.41) is 2.23. The Balaban J connectivity index is 0.942. The molecule has 3 nitrogen and oxygen atoms in total. The monoisotopic (exact) mass is 790 g/mol. The van der Waals surface area contributed by atoms with Gasteiger partial charge >= 0.3 is 0 Å². The van der Waals surface area contributed by atoms with Crippen molar-refractivity contribution in [3.05, 3.63) is 253 Å². The molecule has 0 spiro atoms. The smallest absolute Gasteiger partial charge is 0.160 e. The molecule has 1 aliphatic rings. The van der Waals surface area contributed by atoms with E-state index >= 15 is 0 Å². The third-order valence-corrected chi connectivity index (χ3v) is 12.6. The fourth-order valence-corrected chi connectivity index (χ4v) is 9.74. The molecule has 3 heteroatoms. The van der Waals surface area contributed by atoms with Gasteiger partial charge in [0.05, 0.1) is 16.8 Å². The van der Waals surface area contributed by atoms with E-state index in [2.05, 4.69) is 200 Å². The van der Waals surface area contributed by atoms with Crippen LogP contribution in [0.4, 0.5) is 0 Å². The first-order valence-electron chi connectivity index (χ1n) is 21.1. The SMILES string of the molecule is c1ccc(-c2nc(-c3ccc(-c4ccc5c(c4)-c4ccccc4C5(c4ccccc4)c4ccccc4)cc3)cc(-c3cccc(-c4cccc5c4oc4ccccc45)c3)n2)cc1. The van der Waals surface area contributed by atoms with Crippen molar-refractivity contribution in [2.24, 2.45) is 0 Å². The molecule has 2 heterocycles. The van der Waals surface area contributed by atoms with Gasteiger partial charge in [-0.05, 0) is 74.3 Å². The Kier molecular flexibility index (Phi) is 8.39. The maximum atomic E-state index is 6.44. The molecule has 0 N–H and O–H groups in total. The highest BCUT2D eigenvalue weighted by molar-refractivity contribution is 6.09. The molecular weight excluding hydrogens is 753 g/mol. The average Bonchev–Trinajstić information content (AvgIpc) is 3.89. The number of benzene rings is 9. The van der Waals surface area contributed by atoms with Gasteiger partial charge in [0.25, 0.3) is 0 Å². The van der Waals surface area contributed by atoms with Crippen LogP contribution in [0, 0.1) is 0 Å². The maximum absolute atomic E-state index is 6.44. The van der Waals surface area contributed by atoms with Crippen LogP contribution in [-0.4, -0.2) is 9.97 Å². The number of hydrogen-bond acceptors (Lipinski definition) is 3. The second-order valence-electron chi connectivity index (χ2n) is 16.1. The third kappa shape index (κ3) is 5.74. The van der Waals surface area contributed by atoms with E-state index in [9.17, 15) is 0 Å². The molecule has 0 amide bonds. The van der Waals surface area contributed by atoms with Crippen molar-refractivity contribution in [1.29, 1.82) is 0 Å². The van der Waals surface area contributed by atoms with E-state index in [-0.39, 0.29) is 0 Å². The summed E-state index contributed by atoms with van der Waals surface area (Å²) in [6.45, 7) is 0. The third-order valence-electron chi connectivity index (χ3n) is 12.6. The molecule has 0 saturated carbocycles. The minimum Gasteiger partial charge on any atom is -0.455 e. The van der Waals surface area contributed by atoms with Crippen molar-refractivity contribution in [1.82, 2.24) is 9.97 Å². The Morgan fingerprint density at radius 2 is 0.871 bits per heavy atom. The van der Waals surface area contributed by atoms with Gasteiger partial charge < -0.3 is 4.42 Å². The molecule has 9 aromatic carbocycles. The van der Waals surface area contributed by atoms with E-state index in [1.54, 1.807) is 0 Å². The summed E-state index contributed by atoms with van der Waals surface area (Å²) in [5.41, 5.74) is 18.2. The van der Waals surface area contributed by atoms with E-state index in [0.29, 0.717) is 5.82 Å². The van der Waals surface area contributed by atoms with Gasteiger partial charge in [0, 0.05) is 33.0 Å². The van der Waals surface area contributed by atoms with Crippen LogP contribution >= 0.6 is 0 Å². The summed E-state index contributed by atoms with van der Waals surface area (Å²) in [6, 6.07) is 82.2. The lowest BCUT2D eigenvalue weighted by Gasteiger charge is -2.33. The van der Waals surface area contributed by atoms with Crippen LogP contribution in [0.25, 0.3) is 89.2 Å². The quantitative estimate of drug-likeness (QED) is 0.161. The van der Waals surface area contributed by atoms with Gasteiger partial charge in [-0.2, -0.15) is 0 Å². The Labute approximate surface area is 360 Å². The standard InChI is InChI=1S/C59H38N2O/c1-4-16-41(17-5-1)58-60-54(38-55(61-58)44-19-14-18-43(36-44)47-26-15-27-50-49-25-11-13-29-56(49)62-57(47)50)40-32-30-39(31-33-40)42-34-35-53-51(37-42)48-24-10-12-28-52(48)59(53,45-20-6-2-7-21-45)46-22-8-3-9-23-46/h1-38H. The molecule has 0 bridgehead atoms. The molecule has 0 atom stereocenters. The van der Waals surface area contributed by atoms with Crippen molar-refractivity contribution in [2.75, 3.05) is 0 Å². The van der Waals surface area contributed by atoms with Crippen LogP contribution in [0.2, 0.25) is 0 Å². The molecular formula is C59H38N2O. The molecule has 1 aliphatic carbocycles. The topological polar surface area (TPSA) is 38.9 Å². The van der Waals surface area contributed by atoms with Crippen LogP contribution in [-0.2, 0) is 5.41 Å². The number of furan rings is 1. The predicted molar refractivity (Wildman–Crippen MR) is 254 cm³/mol. The fourth-order valence-electron chi connectivity index (χ4n) is 9.74. The van der Waals surface area contributed by atoms with Gasteiger partial charge in [-0.1, -0.05) is 206 Å². The molecule has 2 aromatic heterocycles. The van der Waals surface area contributed by atoms with Crippen LogP contribution in [0.5, 0.6) is 0 Å². The van der Waals surface area contributed by atoms with Crippen molar-refractivity contribution >= 4 is 21.9 Å². The lowest BCUT2D eigenvalue weighted by Crippen LogP contribution is -2.28. The van der Waals surface area contributed by atoms with Crippen LogP contribution in [0.1, 0.15) is 22.3 Å². The highest BCUT2D eigenvalue weighted by Gasteiger charge is 2.45. The van der Waals surface area contributed by atoms with E-state index in [0.717, 1.165) is 66.7 Å².